The first-order valence-electron chi connectivity index (χ1n) is 7.05. The maximum Gasteiger partial charge on any atom is 0.277 e. The molecule has 3 rings (SSSR count). The average Bonchev–Trinajstić information content (AvgIpc) is 3.07. The lowest BCUT2D eigenvalue weighted by Gasteiger charge is -2.08. The van der Waals surface area contributed by atoms with Gasteiger partial charge in [-0.3, -0.25) is 9.78 Å². The van der Waals surface area contributed by atoms with Crippen LogP contribution in [-0.4, -0.2) is 26.8 Å². The Balaban J connectivity index is 1.59. The molecule has 6 nitrogen and oxygen atoms in total. The fraction of sp³-hybridized carbons (Fsp3) is 0.125. The topological polar surface area (TPSA) is 80.9 Å². The van der Waals surface area contributed by atoms with Crippen LogP contribution in [-0.2, 0) is 4.79 Å². The number of hydrogen-bond donors (Lipinski definition) is 1. The molecule has 0 aliphatic heterocycles. The van der Waals surface area contributed by atoms with Gasteiger partial charge in [0.25, 0.3) is 5.22 Å². The van der Waals surface area contributed by atoms with Gasteiger partial charge in [-0.15, -0.1) is 10.2 Å². The molecule has 0 unspecified atom stereocenters. The third-order valence-electron chi connectivity index (χ3n) is 3.18. The molecule has 0 saturated carbocycles. The summed E-state index contributed by atoms with van der Waals surface area (Å²) in [6.45, 7) is 1.85. The molecule has 0 aliphatic rings. The Bertz CT molecular complexity index is 854. The van der Waals surface area contributed by atoms with Gasteiger partial charge >= 0.3 is 0 Å². The standard InChI is InChI=1S/C16H13ClN4O2S/c1-10-12(17)5-2-6-13(10)19-14(22)9-24-16-21-20-15(23-16)11-4-3-7-18-8-11/h2-8H,9H2,1H3,(H,19,22). The van der Waals surface area contributed by atoms with Crippen molar-refractivity contribution in [2.45, 2.75) is 12.1 Å². The molecule has 0 saturated heterocycles. The molecule has 1 amide bonds. The smallest absolute Gasteiger partial charge is 0.277 e. The van der Waals surface area contributed by atoms with Crippen molar-refractivity contribution in [1.82, 2.24) is 15.2 Å². The Kier molecular flexibility index (Phi) is 5.12. The second kappa shape index (κ2) is 7.46. The molecule has 24 heavy (non-hydrogen) atoms. The minimum atomic E-state index is -0.175. The first kappa shape index (κ1) is 16.5. The van der Waals surface area contributed by atoms with Crippen LogP contribution in [0.25, 0.3) is 11.5 Å². The number of benzene rings is 1. The lowest BCUT2D eigenvalue weighted by atomic mass is 10.2. The molecule has 122 valence electrons. The van der Waals surface area contributed by atoms with Crippen LogP contribution < -0.4 is 5.32 Å². The van der Waals surface area contributed by atoms with Gasteiger partial charge in [-0.05, 0) is 36.8 Å². The van der Waals surface area contributed by atoms with E-state index in [9.17, 15) is 4.79 Å². The normalized spacial score (nSPS) is 10.6. The van der Waals surface area contributed by atoms with Crippen molar-refractivity contribution in [3.8, 4) is 11.5 Å². The molecule has 0 fully saturated rings. The molecule has 0 bridgehead atoms. The first-order chi connectivity index (χ1) is 11.6. The maximum atomic E-state index is 12.1. The number of carbonyl (C=O) groups excluding carboxylic acids is 1. The molecule has 1 N–H and O–H groups in total. The maximum absolute atomic E-state index is 12.1. The molecule has 3 aromatic rings. The number of rotatable bonds is 5. The number of hydrogen-bond acceptors (Lipinski definition) is 6. The molecule has 0 aliphatic carbocycles. The van der Waals surface area contributed by atoms with E-state index >= 15 is 0 Å². The molecule has 2 aromatic heterocycles. The van der Waals surface area contributed by atoms with Gasteiger partial charge < -0.3 is 9.73 Å². The molecule has 8 heteroatoms. The summed E-state index contributed by atoms with van der Waals surface area (Å²) in [4.78, 5) is 16.0. The van der Waals surface area contributed by atoms with E-state index in [0.717, 1.165) is 11.1 Å². The fourth-order valence-corrected chi connectivity index (χ4v) is 2.67. The van der Waals surface area contributed by atoms with Crippen LogP contribution in [0.5, 0.6) is 0 Å². The molecular weight excluding hydrogens is 348 g/mol. The number of amides is 1. The zero-order valence-corrected chi connectivity index (χ0v) is 14.3. The van der Waals surface area contributed by atoms with Crippen LogP contribution in [0.1, 0.15) is 5.56 Å². The predicted molar refractivity (Wildman–Crippen MR) is 93.1 cm³/mol. The summed E-state index contributed by atoms with van der Waals surface area (Å²) in [5.41, 5.74) is 2.25. The van der Waals surface area contributed by atoms with Crippen molar-refractivity contribution in [2.24, 2.45) is 0 Å². The van der Waals surface area contributed by atoms with Crippen LogP contribution in [0.3, 0.4) is 0 Å². The van der Waals surface area contributed by atoms with E-state index < -0.39 is 0 Å². The minimum Gasteiger partial charge on any atom is -0.411 e. The van der Waals surface area contributed by atoms with E-state index in [2.05, 4.69) is 20.5 Å². The van der Waals surface area contributed by atoms with Crippen molar-refractivity contribution < 1.29 is 9.21 Å². The minimum absolute atomic E-state index is 0.153. The van der Waals surface area contributed by atoms with Gasteiger partial charge in [0.05, 0.1) is 11.3 Å². The Morgan fingerprint density at radius 3 is 2.96 bits per heavy atom. The molecule has 1 aromatic carbocycles. The summed E-state index contributed by atoms with van der Waals surface area (Å²) in [5, 5.41) is 11.6. The second-order valence-corrected chi connectivity index (χ2v) is 6.20. The summed E-state index contributed by atoms with van der Waals surface area (Å²) in [6, 6.07) is 8.98. The summed E-state index contributed by atoms with van der Waals surface area (Å²) >= 11 is 7.20. The number of pyridine rings is 1. The Morgan fingerprint density at radius 1 is 1.29 bits per heavy atom. The number of thioether (sulfide) groups is 1. The van der Waals surface area contributed by atoms with Crippen molar-refractivity contribution in [3.63, 3.8) is 0 Å². The van der Waals surface area contributed by atoms with Gasteiger partial charge in [-0.25, -0.2) is 0 Å². The monoisotopic (exact) mass is 360 g/mol. The molecule has 0 spiro atoms. The van der Waals surface area contributed by atoms with Gasteiger partial charge in [0, 0.05) is 23.1 Å². The lowest BCUT2D eigenvalue weighted by Crippen LogP contribution is -2.14. The number of halogens is 1. The quantitative estimate of drug-likeness (QED) is 0.696. The molecule has 0 radical (unpaired) electrons. The third kappa shape index (κ3) is 3.93. The summed E-state index contributed by atoms with van der Waals surface area (Å²) in [5.74, 6) is 0.351. The van der Waals surface area contributed by atoms with E-state index in [1.165, 1.54) is 11.8 Å². The SMILES string of the molecule is Cc1c(Cl)cccc1NC(=O)CSc1nnc(-c2cccnc2)o1. The highest BCUT2D eigenvalue weighted by atomic mass is 35.5. The van der Waals surface area contributed by atoms with E-state index in [1.54, 1.807) is 36.7 Å². The Labute approximate surface area is 147 Å². The Hall–Kier alpha value is -2.38. The van der Waals surface area contributed by atoms with Crippen molar-refractivity contribution in [3.05, 3.63) is 53.3 Å². The Morgan fingerprint density at radius 2 is 2.17 bits per heavy atom. The van der Waals surface area contributed by atoms with Crippen LogP contribution in [0, 0.1) is 6.92 Å². The van der Waals surface area contributed by atoms with E-state index in [-0.39, 0.29) is 11.7 Å². The third-order valence-corrected chi connectivity index (χ3v) is 4.41. The number of nitrogens with zero attached hydrogens (tertiary/aromatic N) is 3. The van der Waals surface area contributed by atoms with Crippen LogP contribution in [0.15, 0.2) is 52.4 Å². The fourth-order valence-electron chi connectivity index (χ4n) is 1.93. The van der Waals surface area contributed by atoms with Crippen molar-refractivity contribution in [1.29, 1.82) is 0 Å². The zero-order chi connectivity index (χ0) is 16.9. The van der Waals surface area contributed by atoms with Gasteiger partial charge in [-0.2, -0.15) is 0 Å². The largest absolute Gasteiger partial charge is 0.411 e. The van der Waals surface area contributed by atoms with Crippen LogP contribution >= 0.6 is 23.4 Å². The number of nitrogens with one attached hydrogen (secondary N) is 1. The lowest BCUT2D eigenvalue weighted by molar-refractivity contribution is -0.113. The average molecular weight is 361 g/mol. The number of anilines is 1. The predicted octanol–water partition coefficient (Wildman–Crippen LogP) is 3.82. The summed E-state index contributed by atoms with van der Waals surface area (Å²) < 4.78 is 5.51. The summed E-state index contributed by atoms with van der Waals surface area (Å²) in [6.07, 6.45) is 3.30. The zero-order valence-electron chi connectivity index (χ0n) is 12.7. The highest BCUT2D eigenvalue weighted by Crippen LogP contribution is 2.25. The van der Waals surface area contributed by atoms with Gasteiger partial charge in [0.2, 0.25) is 11.8 Å². The summed E-state index contributed by atoms with van der Waals surface area (Å²) in [7, 11) is 0. The molecular formula is C16H13ClN4O2S. The van der Waals surface area contributed by atoms with E-state index in [1.807, 2.05) is 13.0 Å². The highest BCUT2D eigenvalue weighted by Gasteiger charge is 2.12. The molecule has 0 atom stereocenters. The van der Waals surface area contributed by atoms with Crippen molar-refractivity contribution in [2.75, 3.05) is 11.1 Å². The van der Waals surface area contributed by atoms with Crippen LogP contribution in [0.4, 0.5) is 5.69 Å². The first-order valence-corrected chi connectivity index (χ1v) is 8.41. The highest BCUT2D eigenvalue weighted by molar-refractivity contribution is 7.99. The van der Waals surface area contributed by atoms with Gasteiger partial charge in [0.15, 0.2) is 0 Å². The van der Waals surface area contributed by atoms with E-state index in [0.29, 0.717) is 21.8 Å². The second-order valence-electron chi connectivity index (χ2n) is 4.86. The number of carbonyl (C=O) groups is 1. The van der Waals surface area contributed by atoms with E-state index in [4.69, 9.17) is 16.0 Å². The van der Waals surface area contributed by atoms with Gasteiger partial charge in [0.1, 0.15) is 0 Å². The molecule has 2 heterocycles. The van der Waals surface area contributed by atoms with Gasteiger partial charge in [-0.1, -0.05) is 29.4 Å². The van der Waals surface area contributed by atoms with Crippen LogP contribution in [0.2, 0.25) is 5.02 Å². The van der Waals surface area contributed by atoms with Crippen molar-refractivity contribution >= 4 is 35.0 Å². The number of aromatic nitrogens is 3.